The number of guanidine groups is 1. The summed E-state index contributed by atoms with van der Waals surface area (Å²) in [6, 6.07) is 8.02. The van der Waals surface area contributed by atoms with Crippen LogP contribution in [0.4, 0.5) is 0 Å². The molecule has 1 saturated heterocycles. The molecule has 1 saturated carbocycles. The van der Waals surface area contributed by atoms with Crippen molar-refractivity contribution in [2.24, 2.45) is 4.99 Å². The minimum Gasteiger partial charge on any atom is -0.357 e. The standard InChI is InChI=1S/C21H35N5O2S/c1-3-22-21(25-18-12-15-26(16-18)19-6-4-5-7-19)23-13-14-24-29(27,28)20-10-8-17(2)9-11-20/h8-11,18-19,24H,3-7,12-16H2,1-2H3,(H2,22,23,25). The Balaban J connectivity index is 1.47. The van der Waals surface area contributed by atoms with E-state index in [0.29, 0.717) is 12.6 Å². The summed E-state index contributed by atoms with van der Waals surface area (Å²) in [6.45, 7) is 7.63. The SMILES string of the molecule is CCNC(=NCCNS(=O)(=O)c1ccc(C)cc1)NC1CCN(C2CCCC2)C1. The predicted molar refractivity (Wildman–Crippen MR) is 118 cm³/mol. The lowest BCUT2D eigenvalue weighted by Gasteiger charge is -2.24. The summed E-state index contributed by atoms with van der Waals surface area (Å²) >= 11 is 0. The van der Waals surface area contributed by atoms with Crippen LogP contribution >= 0.6 is 0 Å². The molecular weight excluding hydrogens is 386 g/mol. The average Bonchev–Trinajstić information content (AvgIpc) is 3.37. The van der Waals surface area contributed by atoms with Crippen molar-refractivity contribution in [1.29, 1.82) is 0 Å². The molecule has 3 rings (SSSR count). The van der Waals surface area contributed by atoms with E-state index in [1.807, 2.05) is 13.8 Å². The van der Waals surface area contributed by atoms with Crippen molar-refractivity contribution >= 4 is 16.0 Å². The maximum Gasteiger partial charge on any atom is 0.240 e. The minimum atomic E-state index is -3.49. The highest BCUT2D eigenvalue weighted by Crippen LogP contribution is 2.26. The van der Waals surface area contributed by atoms with Crippen LogP contribution in [-0.2, 0) is 10.0 Å². The van der Waals surface area contributed by atoms with Gasteiger partial charge in [0.1, 0.15) is 0 Å². The van der Waals surface area contributed by atoms with E-state index in [1.54, 1.807) is 24.3 Å². The van der Waals surface area contributed by atoms with Gasteiger partial charge < -0.3 is 10.6 Å². The molecular formula is C21H35N5O2S. The highest BCUT2D eigenvalue weighted by Gasteiger charge is 2.30. The van der Waals surface area contributed by atoms with Gasteiger partial charge in [-0.15, -0.1) is 0 Å². The van der Waals surface area contributed by atoms with Crippen molar-refractivity contribution in [3.63, 3.8) is 0 Å². The fourth-order valence-electron chi connectivity index (χ4n) is 4.17. The summed E-state index contributed by atoms with van der Waals surface area (Å²) in [6.07, 6.45) is 6.52. The maximum absolute atomic E-state index is 12.4. The van der Waals surface area contributed by atoms with Crippen molar-refractivity contribution in [1.82, 2.24) is 20.3 Å². The second-order valence-electron chi connectivity index (χ2n) is 8.03. The Labute approximate surface area is 175 Å². The Hall–Kier alpha value is -1.64. The van der Waals surface area contributed by atoms with Crippen LogP contribution in [0, 0.1) is 6.92 Å². The molecule has 162 valence electrons. The Kier molecular flexibility index (Phi) is 7.91. The molecule has 1 aliphatic heterocycles. The zero-order valence-electron chi connectivity index (χ0n) is 17.7. The molecule has 7 nitrogen and oxygen atoms in total. The van der Waals surface area contributed by atoms with E-state index in [1.165, 1.54) is 25.7 Å². The number of hydrogen-bond donors (Lipinski definition) is 3. The van der Waals surface area contributed by atoms with Crippen LogP contribution in [0.1, 0.15) is 44.6 Å². The molecule has 1 unspecified atom stereocenters. The molecule has 0 spiro atoms. The summed E-state index contributed by atoms with van der Waals surface area (Å²) in [5.41, 5.74) is 1.04. The van der Waals surface area contributed by atoms with Crippen molar-refractivity contribution in [3.8, 4) is 0 Å². The molecule has 1 aliphatic carbocycles. The number of nitrogens with zero attached hydrogens (tertiary/aromatic N) is 2. The quantitative estimate of drug-likeness (QED) is 0.339. The number of hydrogen-bond acceptors (Lipinski definition) is 4. The number of rotatable bonds is 8. The monoisotopic (exact) mass is 421 g/mol. The van der Waals surface area contributed by atoms with E-state index in [4.69, 9.17) is 0 Å². The van der Waals surface area contributed by atoms with Gasteiger partial charge in [-0.05, 0) is 45.2 Å². The molecule has 2 aliphatic rings. The van der Waals surface area contributed by atoms with Crippen LogP contribution in [-0.4, -0.2) is 64.1 Å². The van der Waals surface area contributed by atoms with Gasteiger partial charge in [0.2, 0.25) is 10.0 Å². The molecule has 1 atom stereocenters. The van der Waals surface area contributed by atoms with Crippen molar-refractivity contribution in [3.05, 3.63) is 29.8 Å². The molecule has 0 aromatic heterocycles. The van der Waals surface area contributed by atoms with Gasteiger partial charge in [-0.3, -0.25) is 9.89 Å². The van der Waals surface area contributed by atoms with Crippen molar-refractivity contribution in [2.75, 3.05) is 32.7 Å². The van der Waals surface area contributed by atoms with Gasteiger partial charge in [0.15, 0.2) is 5.96 Å². The van der Waals surface area contributed by atoms with Crippen LogP contribution in [0.5, 0.6) is 0 Å². The Bertz CT molecular complexity index is 773. The van der Waals surface area contributed by atoms with E-state index >= 15 is 0 Å². The van der Waals surface area contributed by atoms with E-state index < -0.39 is 10.0 Å². The molecule has 1 heterocycles. The van der Waals surface area contributed by atoms with Crippen LogP contribution in [0.3, 0.4) is 0 Å². The third-order valence-corrected chi connectivity index (χ3v) is 7.23. The zero-order chi connectivity index (χ0) is 20.7. The molecule has 8 heteroatoms. The fraction of sp³-hybridized carbons (Fsp3) is 0.667. The number of sulfonamides is 1. The van der Waals surface area contributed by atoms with E-state index in [-0.39, 0.29) is 11.4 Å². The second-order valence-corrected chi connectivity index (χ2v) is 9.80. The van der Waals surface area contributed by atoms with E-state index in [0.717, 1.165) is 43.6 Å². The molecule has 1 aromatic carbocycles. The van der Waals surface area contributed by atoms with Gasteiger partial charge in [-0.1, -0.05) is 30.5 Å². The summed E-state index contributed by atoms with van der Waals surface area (Å²) in [5, 5.41) is 6.80. The molecule has 1 aromatic rings. The van der Waals surface area contributed by atoms with Crippen LogP contribution < -0.4 is 15.4 Å². The van der Waals surface area contributed by atoms with Gasteiger partial charge in [-0.2, -0.15) is 0 Å². The first-order chi connectivity index (χ1) is 14.0. The number of aryl methyl sites for hydroxylation is 1. The molecule has 2 fully saturated rings. The van der Waals surface area contributed by atoms with Crippen LogP contribution in [0.15, 0.2) is 34.2 Å². The fourth-order valence-corrected chi connectivity index (χ4v) is 5.19. The summed E-state index contributed by atoms with van der Waals surface area (Å²) in [7, 11) is -3.49. The summed E-state index contributed by atoms with van der Waals surface area (Å²) in [4.78, 5) is 7.46. The van der Waals surface area contributed by atoms with Gasteiger partial charge >= 0.3 is 0 Å². The molecule has 0 radical (unpaired) electrons. The van der Waals surface area contributed by atoms with Gasteiger partial charge in [0.25, 0.3) is 0 Å². The molecule has 0 amide bonds. The van der Waals surface area contributed by atoms with Crippen molar-refractivity contribution < 1.29 is 8.42 Å². The third-order valence-electron chi connectivity index (χ3n) is 5.75. The lowest BCUT2D eigenvalue weighted by molar-refractivity contribution is 0.242. The highest BCUT2D eigenvalue weighted by atomic mass is 32.2. The zero-order valence-corrected chi connectivity index (χ0v) is 18.5. The summed E-state index contributed by atoms with van der Waals surface area (Å²) in [5.74, 6) is 0.764. The number of benzene rings is 1. The lowest BCUT2D eigenvalue weighted by atomic mass is 10.2. The van der Waals surface area contributed by atoms with Crippen molar-refractivity contribution in [2.45, 2.75) is 62.9 Å². The molecule has 3 N–H and O–H groups in total. The van der Waals surface area contributed by atoms with Gasteiger partial charge in [-0.25, -0.2) is 13.1 Å². The van der Waals surface area contributed by atoms with E-state index in [2.05, 4.69) is 25.2 Å². The van der Waals surface area contributed by atoms with Crippen LogP contribution in [0.25, 0.3) is 0 Å². The minimum absolute atomic E-state index is 0.269. The second kappa shape index (κ2) is 10.4. The smallest absolute Gasteiger partial charge is 0.240 e. The maximum atomic E-state index is 12.4. The Morgan fingerprint density at radius 3 is 2.59 bits per heavy atom. The predicted octanol–water partition coefficient (Wildman–Crippen LogP) is 1.85. The topological polar surface area (TPSA) is 85.8 Å². The first kappa shape index (κ1) is 22.1. The molecule has 29 heavy (non-hydrogen) atoms. The normalized spacial score (nSPS) is 21.6. The number of aliphatic imine (C=N–C) groups is 1. The first-order valence-corrected chi connectivity index (χ1v) is 12.3. The number of nitrogens with one attached hydrogen (secondary N) is 3. The average molecular weight is 422 g/mol. The Morgan fingerprint density at radius 1 is 1.17 bits per heavy atom. The largest absolute Gasteiger partial charge is 0.357 e. The summed E-state index contributed by atoms with van der Waals surface area (Å²) < 4.78 is 27.3. The van der Waals surface area contributed by atoms with E-state index in [9.17, 15) is 8.42 Å². The third kappa shape index (κ3) is 6.42. The Morgan fingerprint density at radius 2 is 1.90 bits per heavy atom. The van der Waals surface area contributed by atoms with Gasteiger partial charge in [0.05, 0.1) is 11.4 Å². The van der Waals surface area contributed by atoms with Crippen LogP contribution in [0.2, 0.25) is 0 Å². The number of likely N-dealkylation sites (tertiary alicyclic amines) is 1. The first-order valence-electron chi connectivity index (χ1n) is 10.8. The van der Waals surface area contributed by atoms with Gasteiger partial charge in [0, 0.05) is 38.3 Å². The lowest BCUT2D eigenvalue weighted by Crippen LogP contribution is -2.45. The molecule has 0 bridgehead atoms. The highest BCUT2D eigenvalue weighted by molar-refractivity contribution is 7.89.